The molecule has 0 aliphatic heterocycles. The number of benzene rings is 1. The molecule has 0 fully saturated rings. The molecule has 0 atom stereocenters. The Labute approximate surface area is 83.7 Å². The van der Waals surface area contributed by atoms with Gasteiger partial charge in [-0.25, -0.2) is 0 Å². The van der Waals surface area contributed by atoms with Crippen LogP contribution in [-0.4, -0.2) is 25.3 Å². The normalized spacial score (nSPS) is 10.1. The van der Waals surface area contributed by atoms with Gasteiger partial charge in [0.05, 0.1) is 10.7 Å². The smallest absolute Gasteiger partial charge is 0.0639 e. The van der Waals surface area contributed by atoms with Gasteiger partial charge < -0.3 is 10.0 Å². The van der Waals surface area contributed by atoms with Gasteiger partial charge in [0, 0.05) is 20.2 Å². The van der Waals surface area contributed by atoms with Crippen LogP contribution < -0.4 is 4.90 Å². The highest BCUT2D eigenvalue weighted by Crippen LogP contribution is 2.23. The SMILES string of the molecule is CN(CCCO)c1ccccc1Cl. The van der Waals surface area contributed by atoms with Crippen LogP contribution >= 0.6 is 11.6 Å². The maximum atomic E-state index is 8.67. The van der Waals surface area contributed by atoms with Gasteiger partial charge in [-0.05, 0) is 18.6 Å². The standard InChI is InChI=1S/C10H14ClNO/c1-12(7-4-8-13)10-6-3-2-5-9(10)11/h2-3,5-6,13H,4,7-8H2,1H3. The van der Waals surface area contributed by atoms with Gasteiger partial charge in [-0.3, -0.25) is 0 Å². The van der Waals surface area contributed by atoms with Gasteiger partial charge in [0.1, 0.15) is 0 Å². The van der Waals surface area contributed by atoms with Crippen molar-refractivity contribution >= 4 is 17.3 Å². The Morgan fingerprint density at radius 2 is 2.08 bits per heavy atom. The lowest BCUT2D eigenvalue weighted by Crippen LogP contribution is -2.19. The molecule has 2 nitrogen and oxygen atoms in total. The molecule has 1 rings (SSSR count). The van der Waals surface area contributed by atoms with Crippen molar-refractivity contribution in [3.05, 3.63) is 29.3 Å². The summed E-state index contributed by atoms with van der Waals surface area (Å²) in [4.78, 5) is 2.04. The second-order valence-corrected chi connectivity index (χ2v) is 3.36. The van der Waals surface area contributed by atoms with Gasteiger partial charge in [0.25, 0.3) is 0 Å². The molecule has 0 aliphatic carbocycles. The Morgan fingerprint density at radius 3 is 2.69 bits per heavy atom. The van der Waals surface area contributed by atoms with Crippen LogP contribution in [0.5, 0.6) is 0 Å². The molecule has 3 heteroatoms. The van der Waals surface area contributed by atoms with Crippen molar-refractivity contribution in [3.8, 4) is 0 Å². The third-order valence-corrected chi connectivity index (χ3v) is 2.23. The van der Waals surface area contributed by atoms with Crippen molar-refractivity contribution in [1.82, 2.24) is 0 Å². The van der Waals surface area contributed by atoms with Gasteiger partial charge in [-0.15, -0.1) is 0 Å². The first-order valence-electron chi connectivity index (χ1n) is 4.32. The van der Waals surface area contributed by atoms with E-state index in [1.807, 2.05) is 36.2 Å². The van der Waals surface area contributed by atoms with Crippen molar-refractivity contribution in [2.24, 2.45) is 0 Å². The van der Waals surface area contributed by atoms with E-state index < -0.39 is 0 Å². The summed E-state index contributed by atoms with van der Waals surface area (Å²) in [6.45, 7) is 1.04. The van der Waals surface area contributed by atoms with Gasteiger partial charge in [0.15, 0.2) is 0 Å². The maximum Gasteiger partial charge on any atom is 0.0639 e. The largest absolute Gasteiger partial charge is 0.396 e. The first-order chi connectivity index (χ1) is 6.25. The summed E-state index contributed by atoms with van der Waals surface area (Å²) in [6, 6.07) is 7.70. The minimum atomic E-state index is 0.217. The summed E-state index contributed by atoms with van der Waals surface area (Å²) in [7, 11) is 1.97. The first kappa shape index (κ1) is 10.4. The molecule has 0 aromatic heterocycles. The number of rotatable bonds is 4. The summed E-state index contributed by atoms with van der Waals surface area (Å²) < 4.78 is 0. The Morgan fingerprint density at radius 1 is 1.38 bits per heavy atom. The molecule has 0 bridgehead atoms. The monoisotopic (exact) mass is 199 g/mol. The molecular formula is C10H14ClNO. The van der Waals surface area contributed by atoms with Crippen LogP contribution in [0.1, 0.15) is 6.42 Å². The third kappa shape index (κ3) is 2.90. The fraction of sp³-hybridized carbons (Fsp3) is 0.400. The first-order valence-corrected chi connectivity index (χ1v) is 4.70. The number of hydrogen-bond donors (Lipinski definition) is 1. The van der Waals surface area contributed by atoms with Crippen LogP contribution in [0.25, 0.3) is 0 Å². The zero-order valence-electron chi connectivity index (χ0n) is 7.70. The maximum absolute atomic E-state index is 8.67. The summed E-state index contributed by atoms with van der Waals surface area (Å²) >= 11 is 5.99. The van der Waals surface area contributed by atoms with Gasteiger partial charge in [-0.1, -0.05) is 23.7 Å². The molecule has 0 spiro atoms. The Kier molecular flexibility index (Phi) is 4.06. The van der Waals surface area contributed by atoms with E-state index in [0.29, 0.717) is 0 Å². The Balaban J connectivity index is 2.65. The second kappa shape index (κ2) is 5.10. The van der Waals surface area contributed by atoms with E-state index in [1.54, 1.807) is 0 Å². The van der Waals surface area contributed by atoms with Crippen molar-refractivity contribution in [3.63, 3.8) is 0 Å². The molecule has 0 saturated heterocycles. The van der Waals surface area contributed by atoms with Gasteiger partial charge in [0.2, 0.25) is 0 Å². The number of hydrogen-bond acceptors (Lipinski definition) is 2. The zero-order valence-corrected chi connectivity index (χ0v) is 8.46. The van der Waals surface area contributed by atoms with Crippen LogP contribution in [0.4, 0.5) is 5.69 Å². The van der Waals surface area contributed by atoms with E-state index in [0.717, 1.165) is 23.7 Å². The molecule has 1 N–H and O–H groups in total. The number of aliphatic hydroxyl groups excluding tert-OH is 1. The third-order valence-electron chi connectivity index (χ3n) is 1.92. The fourth-order valence-electron chi connectivity index (χ4n) is 1.19. The second-order valence-electron chi connectivity index (χ2n) is 2.95. The molecule has 13 heavy (non-hydrogen) atoms. The van der Waals surface area contributed by atoms with Crippen LogP contribution in [0, 0.1) is 0 Å². The topological polar surface area (TPSA) is 23.5 Å². The summed E-state index contributed by atoms with van der Waals surface area (Å²) in [5, 5.41) is 9.42. The van der Waals surface area contributed by atoms with E-state index in [9.17, 15) is 0 Å². The molecular weight excluding hydrogens is 186 g/mol. The fourth-order valence-corrected chi connectivity index (χ4v) is 1.47. The van der Waals surface area contributed by atoms with Crippen molar-refractivity contribution in [1.29, 1.82) is 0 Å². The Bertz CT molecular complexity index is 265. The van der Waals surface area contributed by atoms with Crippen molar-refractivity contribution in [2.75, 3.05) is 25.1 Å². The van der Waals surface area contributed by atoms with E-state index in [4.69, 9.17) is 16.7 Å². The van der Waals surface area contributed by atoms with Crippen LogP contribution in [0.2, 0.25) is 5.02 Å². The molecule has 0 heterocycles. The minimum Gasteiger partial charge on any atom is -0.396 e. The molecule has 72 valence electrons. The lowest BCUT2D eigenvalue weighted by Gasteiger charge is -2.19. The van der Waals surface area contributed by atoms with Crippen LogP contribution in [0.15, 0.2) is 24.3 Å². The summed E-state index contributed by atoms with van der Waals surface area (Å²) in [5.74, 6) is 0. The van der Waals surface area contributed by atoms with E-state index >= 15 is 0 Å². The quantitative estimate of drug-likeness (QED) is 0.804. The average molecular weight is 200 g/mol. The number of halogens is 1. The summed E-state index contributed by atoms with van der Waals surface area (Å²) in [6.07, 6.45) is 0.766. The Hall–Kier alpha value is -0.730. The highest BCUT2D eigenvalue weighted by Gasteiger charge is 2.03. The number of nitrogens with zero attached hydrogens (tertiary/aromatic N) is 1. The zero-order chi connectivity index (χ0) is 9.68. The molecule has 0 amide bonds. The molecule has 1 aromatic carbocycles. The van der Waals surface area contributed by atoms with E-state index in [1.165, 1.54) is 0 Å². The van der Waals surface area contributed by atoms with Crippen molar-refractivity contribution < 1.29 is 5.11 Å². The minimum absolute atomic E-state index is 0.217. The average Bonchev–Trinajstić information content (AvgIpc) is 2.15. The van der Waals surface area contributed by atoms with Gasteiger partial charge in [-0.2, -0.15) is 0 Å². The summed E-state index contributed by atoms with van der Waals surface area (Å²) in [5.41, 5.74) is 1.01. The highest BCUT2D eigenvalue weighted by atomic mass is 35.5. The van der Waals surface area contributed by atoms with E-state index in [2.05, 4.69) is 0 Å². The van der Waals surface area contributed by atoms with Crippen LogP contribution in [0.3, 0.4) is 0 Å². The lowest BCUT2D eigenvalue weighted by atomic mass is 10.3. The predicted octanol–water partition coefficient (Wildman–Crippen LogP) is 2.16. The molecule has 0 radical (unpaired) electrons. The molecule has 0 unspecified atom stereocenters. The predicted molar refractivity (Wildman–Crippen MR) is 56.4 cm³/mol. The number of para-hydroxylation sites is 1. The van der Waals surface area contributed by atoms with Gasteiger partial charge >= 0.3 is 0 Å². The molecule has 0 aliphatic rings. The van der Waals surface area contributed by atoms with E-state index in [-0.39, 0.29) is 6.61 Å². The van der Waals surface area contributed by atoms with Crippen molar-refractivity contribution in [2.45, 2.75) is 6.42 Å². The lowest BCUT2D eigenvalue weighted by molar-refractivity contribution is 0.290. The molecule has 1 aromatic rings. The van der Waals surface area contributed by atoms with Crippen LogP contribution in [-0.2, 0) is 0 Å². The number of anilines is 1. The molecule has 0 saturated carbocycles. The highest BCUT2D eigenvalue weighted by molar-refractivity contribution is 6.33. The number of aliphatic hydroxyl groups is 1.